The third kappa shape index (κ3) is 57.4. The maximum absolute atomic E-state index is 13.2. The van der Waals surface area contributed by atoms with Crippen LogP contribution < -0.4 is 0 Å². The quantitative estimate of drug-likeness (QED) is 0.0261. The Labute approximate surface area is 450 Å². The first kappa shape index (κ1) is 70.1. The van der Waals surface area contributed by atoms with Gasteiger partial charge >= 0.3 is 17.9 Å². The Hall–Kier alpha value is -1.85. The molecule has 72 heavy (non-hydrogen) atoms. The Morgan fingerprint density at radius 2 is 0.444 bits per heavy atom. The Morgan fingerprint density at radius 3 is 0.681 bits per heavy atom. The largest absolute Gasteiger partial charge is 0.465 e. The minimum atomic E-state index is -0.614. The molecule has 0 fully saturated rings. The van der Waals surface area contributed by atoms with Gasteiger partial charge in [-0.15, -0.1) is 0 Å². The summed E-state index contributed by atoms with van der Waals surface area (Å²) in [5, 5.41) is 0. The highest BCUT2D eigenvalue weighted by atomic mass is 16.5. The summed E-state index contributed by atoms with van der Waals surface area (Å²) in [6.45, 7) is 7.80. The summed E-state index contributed by atoms with van der Waals surface area (Å²) in [5.41, 5.74) is 0.0306. The lowest BCUT2D eigenvalue weighted by Gasteiger charge is -2.10. The second kappa shape index (κ2) is 61.7. The van der Waals surface area contributed by atoms with Gasteiger partial charge in [-0.2, -0.15) is 0 Å². The van der Waals surface area contributed by atoms with Crippen molar-refractivity contribution in [2.24, 2.45) is 0 Å². The van der Waals surface area contributed by atoms with Gasteiger partial charge in [0.15, 0.2) is 0 Å². The fourth-order valence-corrected chi connectivity index (χ4v) is 10.2. The number of carbonyl (C=O) groups is 3. The Balaban J connectivity index is 4.35. The summed E-state index contributed by atoms with van der Waals surface area (Å²) in [7, 11) is 0. The summed E-state index contributed by atoms with van der Waals surface area (Å²) in [4.78, 5) is 38.9. The van der Waals surface area contributed by atoms with E-state index in [0.717, 1.165) is 57.8 Å². The van der Waals surface area contributed by atoms with Gasteiger partial charge in [0.25, 0.3) is 0 Å². The molecule has 0 radical (unpaired) electrons. The number of esters is 3. The van der Waals surface area contributed by atoms with Crippen LogP contribution in [0.25, 0.3) is 0 Å². The van der Waals surface area contributed by atoms with E-state index in [1.165, 1.54) is 295 Å². The molecule has 0 bridgehead atoms. The minimum absolute atomic E-state index is 0.0306. The average molecular weight is 1020 g/mol. The van der Waals surface area contributed by atoms with Crippen molar-refractivity contribution in [3.63, 3.8) is 0 Å². The molecule has 0 N–H and O–H groups in total. The Kier molecular flexibility index (Phi) is 60.1. The van der Waals surface area contributed by atoms with Gasteiger partial charge in [-0.25, -0.2) is 9.59 Å². The average Bonchev–Trinajstić information content (AvgIpc) is 3.38. The normalized spacial score (nSPS) is 11.7. The predicted octanol–water partition coefficient (Wildman–Crippen LogP) is 22.1. The second-order valence-corrected chi connectivity index (χ2v) is 22.4. The first-order chi connectivity index (χ1) is 35.5. The van der Waals surface area contributed by atoms with Crippen LogP contribution in [0.15, 0.2) is 11.6 Å². The SMILES string of the molecule is CCCCCCCCCCCCCCCCCCCCOC(=O)/C=C(/CC(=O)OCCCCCCCCCCCCCCCCCCCC)C(=O)OCCCCCCCCCCCCCCCCCCCC. The summed E-state index contributed by atoms with van der Waals surface area (Å²) in [6, 6.07) is 0. The summed E-state index contributed by atoms with van der Waals surface area (Å²) < 4.78 is 16.6. The second-order valence-electron chi connectivity index (χ2n) is 22.4. The molecule has 0 unspecified atom stereocenters. The van der Waals surface area contributed by atoms with Crippen molar-refractivity contribution in [3.05, 3.63) is 11.6 Å². The van der Waals surface area contributed by atoms with Gasteiger partial charge in [-0.3, -0.25) is 4.79 Å². The molecule has 0 aromatic rings. The van der Waals surface area contributed by atoms with Gasteiger partial charge in [0.2, 0.25) is 0 Å². The molecule has 6 heteroatoms. The number of unbranched alkanes of at least 4 members (excludes halogenated alkanes) is 51. The summed E-state index contributed by atoms with van der Waals surface area (Å²) in [6.07, 6.45) is 71.4. The summed E-state index contributed by atoms with van der Waals surface area (Å²) >= 11 is 0. The molecule has 0 saturated heterocycles. The van der Waals surface area contributed by atoms with E-state index in [1.807, 2.05) is 0 Å². The molecule has 0 aliphatic carbocycles. The van der Waals surface area contributed by atoms with Crippen LogP contribution in [0, 0.1) is 0 Å². The van der Waals surface area contributed by atoms with Crippen molar-refractivity contribution in [2.45, 2.75) is 374 Å². The van der Waals surface area contributed by atoms with Crippen molar-refractivity contribution in [2.75, 3.05) is 19.8 Å². The maximum Gasteiger partial charge on any atom is 0.334 e. The molecule has 426 valence electrons. The predicted molar refractivity (Wildman–Crippen MR) is 312 cm³/mol. The van der Waals surface area contributed by atoms with Gasteiger partial charge < -0.3 is 14.2 Å². The molecule has 0 aromatic heterocycles. The zero-order valence-electron chi connectivity index (χ0n) is 49.0. The van der Waals surface area contributed by atoms with Crippen molar-refractivity contribution in [1.82, 2.24) is 0 Å². The van der Waals surface area contributed by atoms with E-state index < -0.39 is 17.9 Å². The monoisotopic (exact) mass is 1010 g/mol. The molecule has 0 aliphatic heterocycles. The Bertz CT molecular complexity index is 1130. The third-order valence-electron chi connectivity index (χ3n) is 15.1. The van der Waals surface area contributed by atoms with Crippen LogP contribution >= 0.6 is 0 Å². The zero-order valence-corrected chi connectivity index (χ0v) is 49.0. The highest BCUT2D eigenvalue weighted by molar-refractivity contribution is 5.99. The lowest BCUT2D eigenvalue weighted by molar-refractivity contribution is -0.146. The van der Waals surface area contributed by atoms with Gasteiger partial charge in [0.05, 0.1) is 31.8 Å². The van der Waals surface area contributed by atoms with Crippen molar-refractivity contribution < 1.29 is 28.6 Å². The number of hydrogen-bond acceptors (Lipinski definition) is 6. The van der Waals surface area contributed by atoms with Crippen LogP contribution in [-0.2, 0) is 28.6 Å². The zero-order chi connectivity index (χ0) is 52.2. The molecule has 0 rings (SSSR count). The van der Waals surface area contributed by atoms with Crippen molar-refractivity contribution in [1.29, 1.82) is 0 Å². The van der Waals surface area contributed by atoms with E-state index >= 15 is 0 Å². The lowest BCUT2D eigenvalue weighted by Crippen LogP contribution is -2.17. The van der Waals surface area contributed by atoms with E-state index in [1.54, 1.807) is 0 Å². The first-order valence-corrected chi connectivity index (χ1v) is 32.7. The van der Waals surface area contributed by atoms with Crippen molar-refractivity contribution in [3.8, 4) is 0 Å². The van der Waals surface area contributed by atoms with E-state index in [2.05, 4.69) is 20.8 Å². The topological polar surface area (TPSA) is 78.9 Å². The maximum atomic E-state index is 13.2. The molecule has 0 amide bonds. The van der Waals surface area contributed by atoms with Crippen LogP contribution in [0.4, 0.5) is 0 Å². The van der Waals surface area contributed by atoms with Crippen LogP contribution in [-0.4, -0.2) is 37.7 Å². The van der Waals surface area contributed by atoms with E-state index in [4.69, 9.17) is 14.2 Å². The minimum Gasteiger partial charge on any atom is -0.465 e. The number of carbonyl (C=O) groups excluding carboxylic acids is 3. The third-order valence-corrected chi connectivity index (χ3v) is 15.1. The van der Waals surface area contributed by atoms with Gasteiger partial charge in [-0.05, 0) is 19.3 Å². The summed E-state index contributed by atoms with van der Waals surface area (Å²) in [5.74, 6) is -1.69. The van der Waals surface area contributed by atoms with E-state index in [9.17, 15) is 14.4 Å². The van der Waals surface area contributed by atoms with E-state index in [0.29, 0.717) is 13.2 Å². The van der Waals surface area contributed by atoms with Gasteiger partial charge in [-0.1, -0.05) is 348 Å². The van der Waals surface area contributed by atoms with Crippen LogP contribution in [0.5, 0.6) is 0 Å². The van der Waals surface area contributed by atoms with Crippen LogP contribution in [0.3, 0.4) is 0 Å². The molecule has 6 nitrogen and oxygen atoms in total. The highest BCUT2D eigenvalue weighted by Gasteiger charge is 2.19. The number of hydrogen-bond donors (Lipinski definition) is 0. The van der Waals surface area contributed by atoms with Gasteiger partial charge in [0.1, 0.15) is 0 Å². The van der Waals surface area contributed by atoms with Crippen LogP contribution in [0.2, 0.25) is 0 Å². The number of ether oxygens (including phenoxy) is 3. The highest BCUT2D eigenvalue weighted by Crippen LogP contribution is 2.19. The fraction of sp³-hybridized carbons (Fsp3) is 0.924. The lowest BCUT2D eigenvalue weighted by atomic mass is 10.0. The Morgan fingerprint density at radius 1 is 0.250 bits per heavy atom. The van der Waals surface area contributed by atoms with Crippen LogP contribution in [0.1, 0.15) is 374 Å². The fourth-order valence-electron chi connectivity index (χ4n) is 10.2. The first-order valence-electron chi connectivity index (χ1n) is 32.7. The van der Waals surface area contributed by atoms with E-state index in [-0.39, 0.29) is 18.6 Å². The molecule has 0 aliphatic rings. The molecule has 0 heterocycles. The van der Waals surface area contributed by atoms with Crippen molar-refractivity contribution >= 4 is 17.9 Å². The molecular formula is C66H126O6. The molecule has 0 saturated carbocycles. The molecule has 0 spiro atoms. The molecule has 0 aromatic carbocycles. The smallest absolute Gasteiger partial charge is 0.334 e. The molecular weight excluding hydrogens is 889 g/mol. The van der Waals surface area contributed by atoms with Gasteiger partial charge in [0, 0.05) is 6.08 Å². The molecule has 0 atom stereocenters. The number of rotatable bonds is 61. The standard InChI is InChI=1S/C66H126O6/c1-4-7-10-13-16-19-22-25-28-31-34-37-40-43-46-49-52-55-58-70-64(67)61-63(66(69)72-60-57-54-51-48-45-42-39-36-33-30-27-24-21-18-15-12-9-6-3)62-65(68)71-59-56-53-50-47-44-41-38-35-32-29-26-23-20-17-14-11-8-5-2/h61H,4-60,62H2,1-3H3/b63-61-.